The Morgan fingerprint density at radius 3 is 2.50 bits per heavy atom. The normalized spacial score (nSPS) is 17.5. The number of halogens is 2. The highest BCUT2D eigenvalue weighted by atomic mass is 79.9. The van der Waals surface area contributed by atoms with Gasteiger partial charge in [-0.2, -0.15) is 0 Å². The molecule has 0 spiro atoms. The summed E-state index contributed by atoms with van der Waals surface area (Å²) in [5, 5.41) is 11.3. The molecule has 1 unspecified atom stereocenters. The van der Waals surface area contributed by atoms with Crippen LogP contribution in [0.4, 0.5) is 5.69 Å². The van der Waals surface area contributed by atoms with Gasteiger partial charge in [0.05, 0.1) is 18.0 Å². The number of aliphatic hydroxyl groups excluding tert-OH is 1. The summed E-state index contributed by atoms with van der Waals surface area (Å²) in [6, 6.07) is 9.59. The van der Waals surface area contributed by atoms with E-state index >= 15 is 0 Å². The summed E-state index contributed by atoms with van der Waals surface area (Å²) in [4.78, 5) is 6.54. The Morgan fingerprint density at radius 1 is 1.18 bits per heavy atom. The maximum atomic E-state index is 10.6. The van der Waals surface area contributed by atoms with Gasteiger partial charge in [-0.3, -0.25) is 4.98 Å². The molecule has 0 bridgehead atoms. The van der Waals surface area contributed by atoms with Crippen LogP contribution in [0.1, 0.15) is 24.5 Å². The predicted molar refractivity (Wildman–Crippen MR) is 93.3 cm³/mol. The zero-order valence-electron chi connectivity index (χ0n) is 12.1. The second-order valence-electron chi connectivity index (χ2n) is 5.68. The van der Waals surface area contributed by atoms with Crippen LogP contribution in [0.25, 0.3) is 0 Å². The summed E-state index contributed by atoms with van der Waals surface area (Å²) >= 11 is 9.36. The van der Waals surface area contributed by atoms with Crippen molar-refractivity contribution in [1.29, 1.82) is 0 Å². The van der Waals surface area contributed by atoms with Crippen molar-refractivity contribution >= 4 is 33.2 Å². The molecule has 3 nitrogen and oxygen atoms in total. The topological polar surface area (TPSA) is 36.4 Å². The fourth-order valence-electron chi connectivity index (χ4n) is 2.98. The van der Waals surface area contributed by atoms with Crippen molar-refractivity contribution in [2.45, 2.75) is 18.9 Å². The minimum Gasteiger partial charge on any atom is -0.388 e. The molecule has 1 aromatic carbocycles. The Morgan fingerprint density at radius 2 is 1.86 bits per heavy atom. The van der Waals surface area contributed by atoms with Crippen LogP contribution < -0.4 is 4.90 Å². The van der Waals surface area contributed by atoms with Gasteiger partial charge in [0.15, 0.2) is 0 Å². The summed E-state index contributed by atoms with van der Waals surface area (Å²) in [6.45, 7) is 1.88. The van der Waals surface area contributed by atoms with Crippen LogP contribution in [0.15, 0.2) is 47.2 Å². The van der Waals surface area contributed by atoms with Crippen LogP contribution in [0, 0.1) is 5.92 Å². The molecule has 0 amide bonds. The monoisotopic (exact) mass is 380 g/mol. The van der Waals surface area contributed by atoms with Crippen LogP contribution >= 0.6 is 27.5 Å². The summed E-state index contributed by atoms with van der Waals surface area (Å²) < 4.78 is 0.994. The maximum Gasteiger partial charge on any atom is 0.0819 e. The third kappa shape index (κ3) is 3.62. The van der Waals surface area contributed by atoms with Crippen molar-refractivity contribution < 1.29 is 5.11 Å². The van der Waals surface area contributed by atoms with Gasteiger partial charge in [-0.15, -0.1) is 0 Å². The molecule has 1 aliphatic rings. The highest BCUT2D eigenvalue weighted by Gasteiger charge is 2.26. The van der Waals surface area contributed by atoms with Crippen LogP contribution in [-0.2, 0) is 0 Å². The standard InChI is InChI=1S/C17H18BrClN2O/c18-14-9-16(11-20-10-14)21-7-5-13(6-8-21)17(22)12-1-3-15(19)4-2-12/h1-4,9-11,13,17,22H,5-8H2. The minimum atomic E-state index is -0.417. The van der Waals surface area contributed by atoms with Crippen molar-refractivity contribution in [3.63, 3.8) is 0 Å². The second-order valence-corrected chi connectivity index (χ2v) is 7.03. The first kappa shape index (κ1) is 15.8. The van der Waals surface area contributed by atoms with E-state index in [1.54, 1.807) is 6.20 Å². The van der Waals surface area contributed by atoms with E-state index in [9.17, 15) is 5.11 Å². The van der Waals surface area contributed by atoms with Crippen LogP contribution in [-0.4, -0.2) is 23.2 Å². The third-order valence-corrected chi connectivity index (χ3v) is 4.94. The Hall–Kier alpha value is -1.10. The van der Waals surface area contributed by atoms with Gasteiger partial charge in [-0.1, -0.05) is 23.7 Å². The number of hydrogen-bond donors (Lipinski definition) is 1. The van der Waals surface area contributed by atoms with E-state index in [-0.39, 0.29) is 5.92 Å². The number of nitrogens with zero attached hydrogens (tertiary/aromatic N) is 2. The van der Waals surface area contributed by atoms with Crippen LogP contribution in [0.3, 0.4) is 0 Å². The molecule has 0 saturated carbocycles. The van der Waals surface area contributed by atoms with Gasteiger partial charge in [0.25, 0.3) is 0 Å². The maximum absolute atomic E-state index is 10.6. The van der Waals surface area contributed by atoms with Gasteiger partial charge in [-0.05, 0) is 58.5 Å². The fraction of sp³-hybridized carbons (Fsp3) is 0.353. The lowest BCUT2D eigenvalue weighted by Crippen LogP contribution is -2.35. The average molecular weight is 382 g/mol. The summed E-state index contributed by atoms with van der Waals surface area (Å²) in [5.41, 5.74) is 2.08. The highest BCUT2D eigenvalue weighted by Crippen LogP contribution is 2.33. The molecule has 116 valence electrons. The first-order valence-electron chi connectivity index (χ1n) is 7.42. The van der Waals surface area contributed by atoms with E-state index in [0.717, 1.165) is 41.7 Å². The number of hydrogen-bond acceptors (Lipinski definition) is 3. The molecule has 1 fully saturated rings. The van der Waals surface area contributed by atoms with Crippen molar-refractivity contribution in [3.05, 3.63) is 57.8 Å². The predicted octanol–water partition coefficient (Wildman–Crippen LogP) is 4.45. The van der Waals surface area contributed by atoms with E-state index in [0.29, 0.717) is 5.02 Å². The van der Waals surface area contributed by atoms with Gasteiger partial charge < -0.3 is 10.0 Å². The average Bonchev–Trinajstić information content (AvgIpc) is 2.55. The molecule has 0 aliphatic carbocycles. The summed E-state index contributed by atoms with van der Waals surface area (Å²) in [7, 11) is 0. The van der Waals surface area contributed by atoms with Gasteiger partial charge >= 0.3 is 0 Å². The molecule has 22 heavy (non-hydrogen) atoms. The Kier molecular flexibility index (Phi) is 5.01. The lowest BCUT2D eigenvalue weighted by atomic mass is 9.87. The molecular weight excluding hydrogens is 364 g/mol. The molecular formula is C17H18BrClN2O. The van der Waals surface area contributed by atoms with Crippen molar-refractivity contribution in [3.8, 4) is 0 Å². The van der Waals surface area contributed by atoms with E-state index in [1.807, 2.05) is 30.5 Å². The molecule has 3 rings (SSSR count). The molecule has 1 saturated heterocycles. The van der Waals surface area contributed by atoms with Crippen molar-refractivity contribution in [2.24, 2.45) is 5.92 Å². The number of aromatic nitrogens is 1. The first-order valence-corrected chi connectivity index (χ1v) is 8.59. The molecule has 1 aromatic heterocycles. The SMILES string of the molecule is OC(c1ccc(Cl)cc1)C1CCN(c2cncc(Br)c2)CC1. The Labute approximate surface area is 144 Å². The molecule has 2 aromatic rings. The fourth-order valence-corrected chi connectivity index (χ4v) is 3.46. The van der Waals surface area contributed by atoms with E-state index in [1.165, 1.54) is 0 Å². The third-order valence-electron chi connectivity index (χ3n) is 4.25. The smallest absolute Gasteiger partial charge is 0.0819 e. The molecule has 2 heterocycles. The number of pyridine rings is 1. The highest BCUT2D eigenvalue weighted by molar-refractivity contribution is 9.10. The quantitative estimate of drug-likeness (QED) is 0.853. The number of anilines is 1. The number of piperidine rings is 1. The first-order chi connectivity index (χ1) is 10.6. The molecule has 5 heteroatoms. The van der Waals surface area contributed by atoms with E-state index in [4.69, 9.17) is 11.6 Å². The van der Waals surface area contributed by atoms with Crippen LogP contribution in [0.2, 0.25) is 5.02 Å². The zero-order chi connectivity index (χ0) is 15.5. The van der Waals surface area contributed by atoms with Gasteiger partial charge in [0, 0.05) is 28.8 Å². The number of rotatable bonds is 3. The molecule has 1 atom stereocenters. The van der Waals surface area contributed by atoms with Gasteiger partial charge in [-0.25, -0.2) is 0 Å². The van der Waals surface area contributed by atoms with Crippen molar-refractivity contribution in [1.82, 2.24) is 4.98 Å². The summed E-state index contributed by atoms with van der Waals surface area (Å²) in [5.74, 6) is 0.289. The second kappa shape index (κ2) is 6.99. The minimum absolute atomic E-state index is 0.289. The van der Waals surface area contributed by atoms with Gasteiger partial charge in [0.2, 0.25) is 0 Å². The Bertz CT molecular complexity index is 627. The Balaban J connectivity index is 1.62. The molecule has 1 aliphatic heterocycles. The zero-order valence-corrected chi connectivity index (χ0v) is 14.5. The van der Waals surface area contributed by atoms with Crippen molar-refractivity contribution in [2.75, 3.05) is 18.0 Å². The molecule has 1 N–H and O–H groups in total. The number of benzene rings is 1. The molecule has 0 radical (unpaired) electrons. The lowest BCUT2D eigenvalue weighted by Gasteiger charge is -2.35. The number of aliphatic hydroxyl groups is 1. The lowest BCUT2D eigenvalue weighted by molar-refractivity contribution is 0.0930. The van der Waals surface area contributed by atoms with Crippen LogP contribution in [0.5, 0.6) is 0 Å². The van der Waals surface area contributed by atoms with E-state index < -0.39 is 6.10 Å². The van der Waals surface area contributed by atoms with E-state index in [2.05, 4.69) is 31.9 Å². The van der Waals surface area contributed by atoms with Gasteiger partial charge in [0.1, 0.15) is 0 Å². The largest absolute Gasteiger partial charge is 0.388 e. The summed E-state index contributed by atoms with van der Waals surface area (Å²) in [6.07, 6.45) is 5.20.